The molecule has 0 bridgehead atoms. The fourth-order valence-corrected chi connectivity index (χ4v) is 2.52. The summed E-state index contributed by atoms with van der Waals surface area (Å²) in [4.78, 5) is 9.68. The Balaban J connectivity index is 4.13. The van der Waals surface area contributed by atoms with Crippen LogP contribution in [0, 0.1) is 0 Å². The van der Waals surface area contributed by atoms with Crippen LogP contribution >= 0.6 is 31.1 Å². The van der Waals surface area contributed by atoms with Gasteiger partial charge in [0.05, 0.1) is 27.3 Å². The lowest BCUT2D eigenvalue weighted by Gasteiger charge is -2.28. The van der Waals surface area contributed by atoms with Crippen molar-refractivity contribution in [3.05, 3.63) is 0 Å². The van der Waals surface area contributed by atoms with E-state index in [2.05, 4.69) is 0 Å². The number of halogens is 2. The van der Waals surface area contributed by atoms with E-state index < -0.39 is 13.1 Å². The Labute approximate surface area is 120 Å². The van der Waals surface area contributed by atoms with Crippen LogP contribution in [0.3, 0.4) is 0 Å². The summed E-state index contributed by atoms with van der Waals surface area (Å²) in [7, 11) is 2.41. The maximum atomic E-state index is 11.8. The Bertz CT molecular complexity index is 306. The van der Waals surface area contributed by atoms with Crippen LogP contribution in [0.5, 0.6) is 0 Å². The average molecular weight is 322 g/mol. The Morgan fingerprint density at radius 3 is 2.22 bits per heavy atom. The average Bonchev–Trinajstić information content (AvgIpc) is 2.12. The first-order valence-electron chi connectivity index (χ1n) is 5.74. The minimum atomic E-state index is -3.57. The van der Waals surface area contributed by atoms with Crippen molar-refractivity contribution in [1.82, 2.24) is 3.94 Å². The van der Waals surface area contributed by atoms with Crippen LogP contribution < -0.4 is 0 Å². The van der Waals surface area contributed by atoms with Crippen LogP contribution in [-0.4, -0.2) is 59.3 Å². The molecule has 0 aliphatic carbocycles. The van der Waals surface area contributed by atoms with Gasteiger partial charge in [0.25, 0.3) is 0 Å². The first kappa shape index (κ1) is 18.7. The summed E-state index contributed by atoms with van der Waals surface area (Å²) in [5, 5.41) is 0. The van der Waals surface area contributed by atoms with Gasteiger partial charge >= 0.3 is 7.60 Å². The molecule has 0 aromatic rings. The van der Waals surface area contributed by atoms with Gasteiger partial charge in [-0.2, -0.15) is 0 Å². The summed E-state index contributed by atoms with van der Waals surface area (Å²) in [5.41, 5.74) is -0.565. The summed E-state index contributed by atoms with van der Waals surface area (Å²) < 4.78 is 18.5. The highest BCUT2D eigenvalue weighted by molar-refractivity contribution is 7.52. The number of quaternary nitrogens is 1. The minimum absolute atomic E-state index is 0.0348. The lowest BCUT2D eigenvalue weighted by molar-refractivity contribution is -0.870. The third kappa shape index (κ3) is 8.70. The lowest BCUT2D eigenvalue weighted by Crippen LogP contribution is -2.37. The molecular weight excluding hydrogens is 298 g/mol. The standard InChI is InChI=1S/C10H23Cl2N2O3P/c1-10(2,13(11)12)6-9-18(15,16)17-8-7-14(3,4)5/h6-9H2,1-5H3/p+1. The number of likely N-dealkylation sites (N-methyl/N-ethyl adjacent to an activating group) is 1. The summed E-state index contributed by atoms with van der Waals surface area (Å²) in [6.45, 7) is 4.51. The van der Waals surface area contributed by atoms with E-state index >= 15 is 0 Å². The highest BCUT2D eigenvalue weighted by Crippen LogP contribution is 2.44. The molecule has 5 nitrogen and oxygen atoms in total. The molecule has 0 radical (unpaired) electrons. The molecule has 0 aromatic carbocycles. The molecule has 8 heteroatoms. The molecular formula is C10H24Cl2N2O3P+. The monoisotopic (exact) mass is 321 g/mol. The lowest BCUT2D eigenvalue weighted by atomic mass is 10.0. The van der Waals surface area contributed by atoms with Crippen molar-refractivity contribution in [2.75, 3.05) is 40.5 Å². The maximum absolute atomic E-state index is 11.8. The van der Waals surface area contributed by atoms with E-state index in [1.54, 1.807) is 13.8 Å². The Morgan fingerprint density at radius 2 is 1.83 bits per heavy atom. The Kier molecular flexibility index (Phi) is 7.14. The van der Waals surface area contributed by atoms with Gasteiger partial charge in [-0.15, -0.1) is 3.94 Å². The molecule has 0 aliphatic rings. The smallest absolute Gasteiger partial charge is 0.328 e. The van der Waals surface area contributed by atoms with Gasteiger partial charge in [0.15, 0.2) is 0 Å². The topological polar surface area (TPSA) is 49.8 Å². The Hall–Kier alpha value is 0.650. The van der Waals surface area contributed by atoms with E-state index in [4.69, 9.17) is 28.1 Å². The molecule has 1 unspecified atom stereocenters. The molecule has 0 heterocycles. The second-order valence-electron chi connectivity index (χ2n) is 6.00. The maximum Gasteiger partial charge on any atom is 0.328 e. The van der Waals surface area contributed by atoms with Gasteiger partial charge in [-0.3, -0.25) is 4.57 Å². The van der Waals surface area contributed by atoms with Crippen LogP contribution in [-0.2, 0) is 9.09 Å². The van der Waals surface area contributed by atoms with E-state index in [0.29, 0.717) is 17.4 Å². The van der Waals surface area contributed by atoms with Gasteiger partial charge < -0.3 is 13.9 Å². The van der Waals surface area contributed by atoms with Crippen molar-refractivity contribution >= 4 is 31.1 Å². The van der Waals surface area contributed by atoms with Crippen molar-refractivity contribution in [3.8, 4) is 0 Å². The van der Waals surface area contributed by atoms with Gasteiger partial charge in [-0.25, -0.2) is 0 Å². The van der Waals surface area contributed by atoms with Crippen LogP contribution in [0.15, 0.2) is 0 Å². The van der Waals surface area contributed by atoms with Crippen molar-refractivity contribution in [1.29, 1.82) is 0 Å². The van der Waals surface area contributed by atoms with Crippen molar-refractivity contribution in [2.24, 2.45) is 0 Å². The van der Waals surface area contributed by atoms with Gasteiger partial charge in [-0.1, -0.05) is 0 Å². The highest BCUT2D eigenvalue weighted by Gasteiger charge is 2.30. The molecule has 1 atom stereocenters. The Morgan fingerprint density at radius 1 is 1.33 bits per heavy atom. The molecule has 0 saturated heterocycles. The largest absolute Gasteiger partial charge is 0.329 e. The van der Waals surface area contributed by atoms with Gasteiger partial charge in [0, 0.05) is 5.54 Å². The third-order valence-corrected chi connectivity index (χ3v) is 4.81. The molecule has 0 spiro atoms. The van der Waals surface area contributed by atoms with Crippen LogP contribution in [0.25, 0.3) is 0 Å². The second-order valence-corrected chi connectivity index (χ2v) is 8.83. The summed E-state index contributed by atoms with van der Waals surface area (Å²) in [6, 6.07) is 0. The van der Waals surface area contributed by atoms with Crippen molar-refractivity contribution < 1.29 is 18.5 Å². The molecule has 110 valence electrons. The van der Waals surface area contributed by atoms with E-state index in [-0.39, 0.29) is 12.8 Å². The molecule has 18 heavy (non-hydrogen) atoms. The van der Waals surface area contributed by atoms with Gasteiger partial charge in [-0.05, 0) is 43.8 Å². The zero-order chi connectivity index (χ0) is 14.6. The highest BCUT2D eigenvalue weighted by atomic mass is 35.5. The second kappa shape index (κ2) is 6.89. The number of nitrogens with zero attached hydrogens (tertiary/aromatic N) is 2. The fourth-order valence-electron chi connectivity index (χ4n) is 1.02. The van der Waals surface area contributed by atoms with Crippen LogP contribution in [0.2, 0.25) is 0 Å². The summed E-state index contributed by atoms with van der Waals surface area (Å²) >= 11 is 11.3. The molecule has 1 N–H and O–H groups in total. The van der Waals surface area contributed by atoms with E-state index in [0.717, 1.165) is 3.94 Å². The summed E-state index contributed by atoms with van der Waals surface area (Å²) in [5.74, 6) is 0. The number of hydrogen-bond donors (Lipinski definition) is 1. The molecule has 0 aliphatic heterocycles. The predicted molar refractivity (Wildman–Crippen MR) is 75.8 cm³/mol. The zero-order valence-electron chi connectivity index (χ0n) is 11.7. The molecule has 0 saturated carbocycles. The zero-order valence-corrected chi connectivity index (χ0v) is 14.1. The normalized spacial score (nSPS) is 16.9. The van der Waals surface area contributed by atoms with Crippen molar-refractivity contribution in [3.63, 3.8) is 0 Å². The van der Waals surface area contributed by atoms with E-state index in [1.165, 1.54) is 0 Å². The van der Waals surface area contributed by atoms with Crippen LogP contribution in [0.1, 0.15) is 20.3 Å². The third-order valence-electron chi connectivity index (χ3n) is 2.52. The predicted octanol–water partition coefficient (Wildman–Crippen LogP) is 2.67. The van der Waals surface area contributed by atoms with Crippen molar-refractivity contribution in [2.45, 2.75) is 25.8 Å². The minimum Gasteiger partial charge on any atom is -0.329 e. The first-order valence-corrected chi connectivity index (χ1v) is 8.18. The van der Waals surface area contributed by atoms with E-state index in [9.17, 15) is 9.46 Å². The SMILES string of the molecule is CC(C)(CCP(=O)(O)OCC[N+](C)(C)C)N(Cl)Cl. The van der Waals surface area contributed by atoms with Crippen LogP contribution in [0.4, 0.5) is 0 Å². The fraction of sp³-hybridized carbons (Fsp3) is 1.00. The first-order chi connectivity index (χ1) is 7.86. The molecule has 0 aromatic heterocycles. The quantitative estimate of drug-likeness (QED) is 0.424. The van der Waals surface area contributed by atoms with Gasteiger partial charge in [0.2, 0.25) is 0 Å². The number of rotatable bonds is 8. The number of hydrogen-bond acceptors (Lipinski definition) is 3. The molecule has 0 rings (SSSR count). The van der Waals surface area contributed by atoms with Gasteiger partial charge in [0.1, 0.15) is 13.2 Å². The van der Waals surface area contributed by atoms with E-state index in [1.807, 2.05) is 21.1 Å². The summed E-state index contributed by atoms with van der Waals surface area (Å²) in [6.07, 6.45) is 0.408. The molecule has 0 amide bonds. The molecule has 0 fully saturated rings.